The van der Waals surface area contributed by atoms with E-state index in [-0.39, 0.29) is 12.4 Å². The van der Waals surface area contributed by atoms with Crippen molar-refractivity contribution < 1.29 is 24.2 Å². The number of rotatable bonds is 6. The average molecular weight is 403 g/mol. The van der Waals surface area contributed by atoms with Crippen LogP contribution in [0.15, 0.2) is 23.4 Å². The molecule has 158 valence electrons. The summed E-state index contributed by atoms with van der Waals surface area (Å²) in [5, 5.41) is 16.1. The SMILES string of the molecule is CCOC(=O)C1=C(C)NC(=O)NC1c1cc(CN2CCCCC2)c(O)c(OC)c1. The van der Waals surface area contributed by atoms with Crippen LogP contribution in [0, 0.1) is 0 Å². The highest BCUT2D eigenvalue weighted by molar-refractivity contribution is 5.95. The summed E-state index contributed by atoms with van der Waals surface area (Å²) in [6.45, 7) is 6.16. The van der Waals surface area contributed by atoms with Crippen LogP contribution in [0.2, 0.25) is 0 Å². The zero-order valence-corrected chi connectivity index (χ0v) is 17.2. The molecule has 0 radical (unpaired) electrons. The number of allylic oxidation sites excluding steroid dienone is 1. The Kier molecular flexibility index (Phi) is 6.64. The van der Waals surface area contributed by atoms with E-state index in [1.165, 1.54) is 13.5 Å². The monoisotopic (exact) mass is 403 g/mol. The second kappa shape index (κ2) is 9.17. The highest BCUT2D eigenvalue weighted by Gasteiger charge is 2.33. The van der Waals surface area contributed by atoms with Crippen molar-refractivity contribution in [3.63, 3.8) is 0 Å². The second-order valence-corrected chi connectivity index (χ2v) is 7.36. The van der Waals surface area contributed by atoms with E-state index in [0.717, 1.165) is 25.9 Å². The Hall–Kier alpha value is -2.74. The van der Waals surface area contributed by atoms with E-state index < -0.39 is 18.0 Å². The van der Waals surface area contributed by atoms with Gasteiger partial charge in [-0.05, 0) is 57.5 Å². The molecule has 0 aromatic heterocycles. The third-order valence-corrected chi connectivity index (χ3v) is 5.34. The first-order chi connectivity index (χ1) is 13.9. The first kappa shape index (κ1) is 21.0. The van der Waals surface area contributed by atoms with Crippen molar-refractivity contribution in [2.45, 2.75) is 45.7 Å². The predicted octanol–water partition coefficient (Wildman–Crippen LogP) is 2.58. The largest absolute Gasteiger partial charge is 0.504 e. The van der Waals surface area contributed by atoms with Crippen molar-refractivity contribution in [3.05, 3.63) is 34.5 Å². The molecule has 2 heterocycles. The number of likely N-dealkylation sites (tertiary alicyclic amines) is 1. The Morgan fingerprint density at radius 3 is 2.66 bits per heavy atom. The molecule has 29 heavy (non-hydrogen) atoms. The molecule has 3 N–H and O–H groups in total. The Morgan fingerprint density at radius 2 is 2.00 bits per heavy atom. The minimum absolute atomic E-state index is 0.0838. The number of esters is 1. The normalized spacial score (nSPS) is 20.1. The Morgan fingerprint density at radius 1 is 1.28 bits per heavy atom. The van der Waals surface area contributed by atoms with Crippen LogP contribution >= 0.6 is 0 Å². The summed E-state index contributed by atoms with van der Waals surface area (Å²) in [6, 6.07) is 2.38. The number of hydrogen-bond acceptors (Lipinski definition) is 6. The highest BCUT2D eigenvalue weighted by Crippen LogP contribution is 2.37. The third kappa shape index (κ3) is 4.64. The lowest BCUT2D eigenvalue weighted by Crippen LogP contribution is -2.45. The number of aromatic hydroxyl groups is 1. The zero-order chi connectivity index (χ0) is 21.0. The first-order valence-corrected chi connectivity index (χ1v) is 10.0. The summed E-state index contributed by atoms with van der Waals surface area (Å²) in [6.07, 6.45) is 3.49. The van der Waals surface area contributed by atoms with Crippen LogP contribution in [-0.4, -0.2) is 48.8 Å². The van der Waals surface area contributed by atoms with Gasteiger partial charge in [0.25, 0.3) is 0 Å². The van der Waals surface area contributed by atoms with Crippen molar-refractivity contribution >= 4 is 12.0 Å². The van der Waals surface area contributed by atoms with Gasteiger partial charge in [-0.15, -0.1) is 0 Å². The molecule has 1 aromatic rings. The minimum atomic E-state index is -0.697. The number of benzene rings is 1. The van der Waals surface area contributed by atoms with E-state index >= 15 is 0 Å². The quantitative estimate of drug-likeness (QED) is 0.632. The number of amides is 2. The number of methoxy groups -OCH3 is 1. The molecule has 8 heteroatoms. The van der Waals surface area contributed by atoms with E-state index in [2.05, 4.69) is 15.5 Å². The van der Waals surface area contributed by atoms with Crippen LogP contribution in [0.25, 0.3) is 0 Å². The number of phenolic OH excluding ortho intramolecular Hbond substituents is 1. The van der Waals surface area contributed by atoms with Gasteiger partial charge in [-0.2, -0.15) is 0 Å². The summed E-state index contributed by atoms with van der Waals surface area (Å²) >= 11 is 0. The molecule has 1 aromatic carbocycles. The molecule has 1 unspecified atom stereocenters. The summed E-state index contributed by atoms with van der Waals surface area (Å²) in [5.74, 6) is -0.101. The molecule has 0 bridgehead atoms. The number of phenols is 1. The summed E-state index contributed by atoms with van der Waals surface area (Å²) in [7, 11) is 1.48. The zero-order valence-electron chi connectivity index (χ0n) is 17.2. The Balaban J connectivity index is 2.01. The molecule has 8 nitrogen and oxygen atoms in total. The number of piperidine rings is 1. The summed E-state index contributed by atoms with van der Waals surface area (Å²) < 4.78 is 10.6. The average Bonchev–Trinajstić information content (AvgIpc) is 2.69. The molecule has 1 fully saturated rings. The number of carbonyl (C=O) groups excluding carboxylic acids is 2. The maximum Gasteiger partial charge on any atom is 0.338 e. The highest BCUT2D eigenvalue weighted by atomic mass is 16.5. The molecular formula is C21H29N3O5. The fourth-order valence-electron chi connectivity index (χ4n) is 3.91. The number of ether oxygens (including phenoxy) is 2. The van der Waals surface area contributed by atoms with Crippen LogP contribution in [0.1, 0.15) is 50.3 Å². The van der Waals surface area contributed by atoms with E-state index in [9.17, 15) is 14.7 Å². The molecule has 3 rings (SSSR count). The van der Waals surface area contributed by atoms with Crippen molar-refractivity contribution in [1.29, 1.82) is 0 Å². The van der Waals surface area contributed by atoms with E-state index in [0.29, 0.717) is 34.7 Å². The fraction of sp³-hybridized carbons (Fsp3) is 0.524. The maximum absolute atomic E-state index is 12.6. The van der Waals surface area contributed by atoms with Crippen molar-refractivity contribution in [2.75, 3.05) is 26.8 Å². The van der Waals surface area contributed by atoms with Gasteiger partial charge in [0.15, 0.2) is 11.5 Å². The van der Waals surface area contributed by atoms with Gasteiger partial charge in [-0.1, -0.05) is 6.42 Å². The van der Waals surface area contributed by atoms with Gasteiger partial charge in [-0.3, -0.25) is 4.90 Å². The predicted molar refractivity (Wildman–Crippen MR) is 108 cm³/mol. The van der Waals surface area contributed by atoms with Crippen LogP contribution in [-0.2, 0) is 16.1 Å². The topological polar surface area (TPSA) is 100 Å². The van der Waals surface area contributed by atoms with Gasteiger partial charge in [-0.25, -0.2) is 9.59 Å². The molecule has 1 atom stereocenters. The van der Waals surface area contributed by atoms with Crippen LogP contribution in [0.5, 0.6) is 11.5 Å². The summed E-state index contributed by atoms with van der Waals surface area (Å²) in [4.78, 5) is 27.0. The number of hydrogen-bond donors (Lipinski definition) is 3. The number of carbonyl (C=O) groups is 2. The molecule has 2 aliphatic heterocycles. The van der Waals surface area contributed by atoms with Crippen molar-refractivity contribution in [3.8, 4) is 11.5 Å². The molecule has 1 saturated heterocycles. The molecule has 0 spiro atoms. The van der Waals surface area contributed by atoms with Gasteiger partial charge in [0.2, 0.25) is 0 Å². The third-order valence-electron chi connectivity index (χ3n) is 5.34. The van der Waals surface area contributed by atoms with Crippen LogP contribution in [0.4, 0.5) is 4.79 Å². The van der Waals surface area contributed by atoms with Gasteiger partial charge in [0.1, 0.15) is 0 Å². The molecular weight excluding hydrogens is 374 g/mol. The Bertz CT molecular complexity index is 815. The lowest BCUT2D eigenvalue weighted by Gasteiger charge is -2.30. The first-order valence-electron chi connectivity index (χ1n) is 10.0. The lowest BCUT2D eigenvalue weighted by molar-refractivity contribution is -0.139. The lowest BCUT2D eigenvalue weighted by atomic mass is 9.93. The van der Waals surface area contributed by atoms with Crippen molar-refractivity contribution in [1.82, 2.24) is 15.5 Å². The van der Waals surface area contributed by atoms with Gasteiger partial charge in [0.05, 0.1) is 25.3 Å². The molecule has 0 saturated carbocycles. The molecule has 2 aliphatic rings. The molecule has 2 amide bonds. The second-order valence-electron chi connectivity index (χ2n) is 7.36. The Labute approximate surface area is 170 Å². The van der Waals surface area contributed by atoms with Crippen LogP contribution < -0.4 is 15.4 Å². The number of urea groups is 1. The van der Waals surface area contributed by atoms with Crippen molar-refractivity contribution in [2.24, 2.45) is 0 Å². The fourth-order valence-corrected chi connectivity index (χ4v) is 3.91. The summed E-state index contributed by atoms with van der Waals surface area (Å²) in [5.41, 5.74) is 2.14. The van der Waals surface area contributed by atoms with Crippen LogP contribution in [0.3, 0.4) is 0 Å². The molecule has 0 aliphatic carbocycles. The maximum atomic E-state index is 12.6. The smallest absolute Gasteiger partial charge is 0.338 e. The van der Waals surface area contributed by atoms with Gasteiger partial charge >= 0.3 is 12.0 Å². The van der Waals surface area contributed by atoms with Gasteiger partial charge < -0.3 is 25.2 Å². The van der Waals surface area contributed by atoms with E-state index in [1.807, 2.05) is 6.07 Å². The van der Waals surface area contributed by atoms with E-state index in [1.54, 1.807) is 19.9 Å². The standard InChI is InChI=1S/C21H29N3O5/c1-4-29-20(26)17-13(2)22-21(27)23-18(17)14-10-15(19(25)16(11-14)28-3)12-24-8-6-5-7-9-24/h10-11,18,25H,4-9,12H2,1-3H3,(H2,22,23,27). The number of nitrogens with one attached hydrogen (secondary N) is 2. The van der Waals surface area contributed by atoms with Gasteiger partial charge in [0, 0.05) is 17.8 Å². The number of nitrogens with zero attached hydrogens (tertiary/aromatic N) is 1. The minimum Gasteiger partial charge on any atom is -0.504 e. The van der Waals surface area contributed by atoms with E-state index in [4.69, 9.17) is 9.47 Å².